The van der Waals surface area contributed by atoms with Gasteiger partial charge in [0.25, 0.3) is 5.91 Å². The van der Waals surface area contributed by atoms with Crippen LogP contribution in [0.1, 0.15) is 41.3 Å². The fourth-order valence-corrected chi connectivity index (χ4v) is 4.11. The van der Waals surface area contributed by atoms with Gasteiger partial charge >= 0.3 is 0 Å². The predicted octanol–water partition coefficient (Wildman–Crippen LogP) is 3.34. The number of nitrogens with one attached hydrogen (secondary N) is 1. The van der Waals surface area contributed by atoms with Crippen LogP contribution in [0.25, 0.3) is 0 Å². The third-order valence-corrected chi connectivity index (χ3v) is 5.86. The number of rotatable bonds is 9. The minimum Gasteiger partial charge on any atom is -0.411 e. The smallest absolute Gasteiger partial charge is 0.253 e. The number of oxime groups is 1. The SMILES string of the molecule is C\C=C/C=C(\C=N\O)[C@@H](O)[C@H]1CC[C@@H](Cc2ccc(C(=O)N(C)Cc3cccnc3)cc2)N1. The Morgan fingerprint density at radius 2 is 2.06 bits per heavy atom. The van der Waals surface area contributed by atoms with Gasteiger partial charge in [-0.05, 0) is 55.5 Å². The van der Waals surface area contributed by atoms with Crippen molar-refractivity contribution in [3.63, 3.8) is 0 Å². The van der Waals surface area contributed by atoms with Crippen LogP contribution >= 0.6 is 0 Å². The van der Waals surface area contributed by atoms with E-state index in [1.165, 1.54) is 6.21 Å². The monoisotopic (exact) mass is 448 g/mol. The summed E-state index contributed by atoms with van der Waals surface area (Å²) in [5, 5.41) is 26.2. The molecule has 33 heavy (non-hydrogen) atoms. The Hall–Kier alpha value is -3.29. The molecule has 3 atom stereocenters. The minimum absolute atomic E-state index is 0.0291. The summed E-state index contributed by atoms with van der Waals surface area (Å²) in [6.45, 7) is 2.40. The molecule has 1 aromatic carbocycles. The zero-order valence-corrected chi connectivity index (χ0v) is 19.1. The molecular weight excluding hydrogens is 416 g/mol. The molecule has 1 aliphatic heterocycles. The van der Waals surface area contributed by atoms with Crippen LogP contribution in [0.3, 0.4) is 0 Å². The second-order valence-electron chi connectivity index (χ2n) is 8.35. The molecule has 174 valence electrons. The highest BCUT2D eigenvalue weighted by Crippen LogP contribution is 2.22. The molecule has 0 aliphatic carbocycles. The average molecular weight is 449 g/mol. The number of nitrogens with zero attached hydrogens (tertiary/aromatic N) is 3. The van der Waals surface area contributed by atoms with Gasteiger partial charge in [0.05, 0.1) is 12.3 Å². The molecule has 0 unspecified atom stereocenters. The average Bonchev–Trinajstić information content (AvgIpc) is 3.30. The number of benzene rings is 1. The van der Waals surface area contributed by atoms with E-state index >= 15 is 0 Å². The summed E-state index contributed by atoms with van der Waals surface area (Å²) < 4.78 is 0. The second kappa shape index (κ2) is 12.1. The first-order valence-corrected chi connectivity index (χ1v) is 11.2. The van der Waals surface area contributed by atoms with Crippen LogP contribution < -0.4 is 5.32 Å². The number of allylic oxidation sites excluding steroid dienone is 3. The molecule has 1 aliphatic rings. The Labute approximate surface area is 195 Å². The van der Waals surface area contributed by atoms with Gasteiger partial charge in [0.1, 0.15) is 0 Å². The van der Waals surface area contributed by atoms with E-state index in [2.05, 4.69) is 15.5 Å². The molecule has 0 saturated carbocycles. The van der Waals surface area contributed by atoms with Gasteiger partial charge < -0.3 is 20.5 Å². The fraction of sp³-hybridized carbons (Fsp3) is 0.346. The van der Waals surface area contributed by atoms with Gasteiger partial charge in [0, 0.05) is 49.2 Å². The standard InChI is InChI=1S/C26H32N4O3/c1-3-4-7-22(17-28-33)25(31)24-13-12-23(29-24)15-19-8-10-21(11-9-19)26(32)30(2)18-20-6-5-14-27-16-20/h3-11,14,16-17,23-25,29,31,33H,12-13,15,18H2,1-2H3/b4-3-,22-7+,28-17+/t23-,24+,25+/m0/s1. The summed E-state index contributed by atoms with van der Waals surface area (Å²) >= 11 is 0. The lowest BCUT2D eigenvalue weighted by molar-refractivity contribution is 0.0785. The van der Waals surface area contributed by atoms with Crippen molar-refractivity contribution in [1.29, 1.82) is 0 Å². The Morgan fingerprint density at radius 1 is 1.27 bits per heavy atom. The summed E-state index contributed by atoms with van der Waals surface area (Å²) in [6.07, 6.45) is 12.0. The van der Waals surface area contributed by atoms with Gasteiger partial charge in [-0.2, -0.15) is 0 Å². The lowest BCUT2D eigenvalue weighted by Gasteiger charge is -2.21. The van der Waals surface area contributed by atoms with E-state index < -0.39 is 6.10 Å². The summed E-state index contributed by atoms with van der Waals surface area (Å²) in [5.41, 5.74) is 3.34. The highest BCUT2D eigenvalue weighted by Gasteiger charge is 2.30. The number of aliphatic hydroxyl groups is 1. The fourth-order valence-electron chi connectivity index (χ4n) is 4.11. The number of hydrogen-bond donors (Lipinski definition) is 3. The van der Waals surface area contributed by atoms with Crippen LogP contribution in [-0.4, -0.2) is 57.6 Å². The quantitative estimate of drug-likeness (QED) is 0.237. The normalized spacial score (nSPS) is 19.9. The van der Waals surface area contributed by atoms with Crippen molar-refractivity contribution < 1.29 is 15.1 Å². The van der Waals surface area contributed by atoms with Crippen LogP contribution in [0.5, 0.6) is 0 Å². The molecule has 0 spiro atoms. The van der Waals surface area contributed by atoms with Gasteiger partial charge in [-0.15, -0.1) is 0 Å². The molecule has 2 aromatic rings. The van der Waals surface area contributed by atoms with E-state index in [4.69, 9.17) is 5.21 Å². The van der Waals surface area contributed by atoms with E-state index in [1.807, 2.05) is 55.5 Å². The molecule has 0 bridgehead atoms. The highest BCUT2D eigenvalue weighted by molar-refractivity contribution is 5.94. The molecule has 7 nitrogen and oxygen atoms in total. The molecule has 3 rings (SSSR count). The first-order chi connectivity index (χ1) is 16.0. The van der Waals surface area contributed by atoms with E-state index in [9.17, 15) is 9.90 Å². The van der Waals surface area contributed by atoms with E-state index in [1.54, 1.807) is 30.4 Å². The molecule has 1 aromatic heterocycles. The van der Waals surface area contributed by atoms with Gasteiger partial charge in [-0.25, -0.2) is 0 Å². The number of hydrogen-bond acceptors (Lipinski definition) is 6. The number of aliphatic hydroxyl groups excluding tert-OH is 1. The third kappa shape index (κ3) is 6.84. The maximum absolute atomic E-state index is 12.7. The number of pyridine rings is 1. The third-order valence-electron chi connectivity index (χ3n) is 5.86. The lowest BCUT2D eigenvalue weighted by Crippen LogP contribution is -2.40. The maximum Gasteiger partial charge on any atom is 0.253 e. The van der Waals surface area contributed by atoms with Crippen molar-refractivity contribution in [2.45, 2.75) is 50.9 Å². The van der Waals surface area contributed by atoms with Crippen molar-refractivity contribution in [1.82, 2.24) is 15.2 Å². The van der Waals surface area contributed by atoms with Gasteiger partial charge in [0.15, 0.2) is 0 Å². The molecule has 1 saturated heterocycles. The number of aromatic nitrogens is 1. The predicted molar refractivity (Wildman–Crippen MR) is 129 cm³/mol. The van der Waals surface area contributed by atoms with Crippen LogP contribution in [0.15, 0.2) is 77.7 Å². The van der Waals surface area contributed by atoms with Crippen LogP contribution in [0.2, 0.25) is 0 Å². The zero-order valence-electron chi connectivity index (χ0n) is 19.1. The van der Waals surface area contributed by atoms with E-state index in [-0.39, 0.29) is 18.0 Å². The summed E-state index contributed by atoms with van der Waals surface area (Å²) in [6, 6.07) is 11.7. The molecule has 0 radical (unpaired) electrons. The molecule has 2 heterocycles. The highest BCUT2D eigenvalue weighted by atomic mass is 16.4. The first kappa shape index (κ1) is 24.4. The van der Waals surface area contributed by atoms with Gasteiger partial charge in [-0.3, -0.25) is 9.78 Å². The Morgan fingerprint density at radius 3 is 2.73 bits per heavy atom. The van der Waals surface area contributed by atoms with Crippen molar-refractivity contribution in [2.75, 3.05) is 7.05 Å². The molecule has 1 fully saturated rings. The van der Waals surface area contributed by atoms with E-state index in [0.717, 1.165) is 30.4 Å². The summed E-state index contributed by atoms with van der Waals surface area (Å²) in [4.78, 5) is 18.5. The Kier molecular flexibility index (Phi) is 8.92. The molecular formula is C26H32N4O3. The Balaban J connectivity index is 1.55. The number of carbonyl (C=O) groups is 1. The summed E-state index contributed by atoms with van der Waals surface area (Å²) in [7, 11) is 1.79. The van der Waals surface area contributed by atoms with E-state index in [0.29, 0.717) is 17.7 Å². The number of carbonyl (C=O) groups excluding carboxylic acids is 1. The van der Waals surface area contributed by atoms with Crippen molar-refractivity contribution in [3.05, 3.63) is 89.3 Å². The van der Waals surface area contributed by atoms with Crippen LogP contribution in [-0.2, 0) is 13.0 Å². The van der Waals surface area contributed by atoms with Crippen LogP contribution in [0, 0.1) is 0 Å². The molecule has 3 N–H and O–H groups in total. The van der Waals surface area contributed by atoms with Crippen molar-refractivity contribution in [3.8, 4) is 0 Å². The second-order valence-corrected chi connectivity index (χ2v) is 8.35. The zero-order chi connectivity index (χ0) is 23.6. The first-order valence-electron chi connectivity index (χ1n) is 11.2. The lowest BCUT2D eigenvalue weighted by atomic mass is 10.0. The topological polar surface area (TPSA) is 98.1 Å². The molecule has 1 amide bonds. The van der Waals surface area contributed by atoms with Crippen molar-refractivity contribution >= 4 is 12.1 Å². The minimum atomic E-state index is -0.752. The number of amides is 1. The maximum atomic E-state index is 12.7. The largest absolute Gasteiger partial charge is 0.411 e. The van der Waals surface area contributed by atoms with Gasteiger partial charge in [-0.1, -0.05) is 41.6 Å². The Bertz CT molecular complexity index is 986. The van der Waals surface area contributed by atoms with Crippen LogP contribution in [0.4, 0.5) is 0 Å². The van der Waals surface area contributed by atoms with Gasteiger partial charge in [0.2, 0.25) is 0 Å². The van der Waals surface area contributed by atoms with Crippen molar-refractivity contribution in [2.24, 2.45) is 5.16 Å². The molecule has 7 heteroatoms. The summed E-state index contributed by atoms with van der Waals surface area (Å²) in [5.74, 6) is -0.0291.